The Kier molecular flexibility index (Phi) is 4.81. The van der Waals surface area contributed by atoms with Gasteiger partial charge in [0.15, 0.2) is 0 Å². The summed E-state index contributed by atoms with van der Waals surface area (Å²) in [5.74, 6) is 0. The first kappa shape index (κ1) is 15.8. The van der Waals surface area contributed by atoms with Gasteiger partial charge in [0.25, 0.3) is 0 Å². The lowest BCUT2D eigenvalue weighted by Gasteiger charge is -2.19. The van der Waals surface area contributed by atoms with Crippen LogP contribution in [0.25, 0.3) is 0 Å². The molecule has 0 aliphatic rings. The van der Waals surface area contributed by atoms with E-state index in [9.17, 15) is 26.3 Å². The predicted molar refractivity (Wildman–Crippen MR) is 57.3 cm³/mol. The van der Waals surface area contributed by atoms with Gasteiger partial charge in [-0.05, 0) is 17.7 Å². The molecule has 0 amide bonds. The summed E-state index contributed by atoms with van der Waals surface area (Å²) in [4.78, 5) is 0. The van der Waals surface area contributed by atoms with Gasteiger partial charge >= 0.3 is 12.4 Å². The molecule has 0 saturated carbocycles. The molecule has 1 unspecified atom stereocenters. The standard InChI is InChI=1S/C11H12F6N2/c12-10(13,14)6-19-9(5-18)7-2-1-3-8(4-7)11(15,16)17/h1-4,9,19H,5-6,18H2. The van der Waals surface area contributed by atoms with Crippen molar-refractivity contribution in [2.24, 2.45) is 5.73 Å². The number of nitrogens with one attached hydrogen (secondary N) is 1. The molecule has 19 heavy (non-hydrogen) atoms. The summed E-state index contributed by atoms with van der Waals surface area (Å²) in [6.07, 6.45) is -8.99. The Bertz CT molecular complexity index is 412. The van der Waals surface area contributed by atoms with E-state index >= 15 is 0 Å². The molecule has 108 valence electrons. The van der Waals surface area contributed by atoms with Gasteiger partial charge in [-0.1, -0.05) is 12.1 Å². The van der Waals surface area contributed by atoms with Crippen molar-refractivity contribution in [3.63, 3.8) is 0 Å². The lowest BCUT2D eigenvalue weighted by molar-refractivity contribution is -0.137. The topological polar surface area (TPSA) is 38.0 Å². The average Bonchev–Trinajstić information content (AvgIpc) is 2.27. The average molecular weight is 286 g/mol. The number of nitrogens with two attached hydrogens (primary N) is 1. The van der Waals surface area contributed by atoms with Gasteiger partial charge in [-0.15, -0.1) is 0 Å². The van der Waals surface area contributed by atoms with Crippen LogP contribution in [-0.2, 0) is 6.18 Å². The molecule has 0 saturated heterocycles. The van der Waals surface area contributed by atoms with Gasteiger partial charge in [0.1, 0.15) is 0 Å². The minimum Gasteiger partial charge on any atom is -0.329 e. The Balaban J connectivity index is 2.87. The van der Waals surface area contributed by atoms with Crippen LogP contribution < -0.4 is 11.1 Å². The first-order chi connectivity index (χ1) is 8.63. The van der Waals surface area contributed by atoms with Crippen LogP contribution in [0.5, 0.6) is 0 Å². The second kappa shape index (κ2) is 5.79. The number of alkyl halides is 6. The van der Waals surface area contributed by atoms with Crippen molar-refractivity contribution in [3.8, 4) is 0 Å². The van der Waals surface area contributed by atoms with E-state index < -0.39 is 30.5 Å². The maximum absolute atomic E-state index is 12.5. The Morgan fingerprint density at radius 1 is 1.11 bits per heavy atom. The Hall–Kier alpha value is -1.28. The van der Waals surface area contributed by atoms with E-state index in [0.717, 1.165) is 18.2 Å². The van der Waals surface area contributed by atoms with Crippen LogP contribution in [0.1, 0.15) is 17.2 Å². The molecule has 1 rings (SSSR count). The molecule has 0 fully saturated rings. The van der Waals surface area contributed by atoms with E-state index in [0.29, 0.717) is 0 Å². The number of benzene rings is 1. The number of rotatable bonds is 4. The third-order valence-corrected chi connectivity index (χ3v) is 2.40. The fraction of sp³-hybridized carbons (Fsp3) is 0.455. The van der Waals surface area contributed by atoms with Gasteiger partial charge in [-0.2, -0.15) is 26.3 Å². The van der Waals surface area contributed by atoms with E-state index in [-0.39, 0.29) is 12.1 Å². The maximum atomic E-state index is 12.5. The van der Waals surface area contributed by atoms with Crippen LogP contribution in [-0.4, -0.2) is 19.3 Å². The van der Waals surface area contributed by atoms with Crippen LogP contribution >= 0.6 is 0 Å². The lowest BCUT2D eigenvalue weighted by atomic mass is 10.0. The van der Waals surface area contributed by atoms with E-state index in [1.807, 2.05) is 0 Å². The smallest absolute Gasteiger partial charge is 0.329 e. The highest BCUT2D eigenvalue weighted by Gasteiger charge is 2.32. The van der Waals surface area contributed by atoms with Crippen molar-refractivity contribution in [1.29, 1.82) is 0 Å². The van der Waals surface area contributed by atoms with Gasteiger partial charge in [-0.25, -0.2) is 0 Å². The monoisotopic (exact) mass is 286 g/mol. The molecular formula is C11H12F6N2. The van der Waals surface area contributed by atoms with Crippen molar-refractivity contribution in [2.75, 3.05) is 13.1 Å². The highest BCUT2D eigenvalue weighted by Crippen LogP contribution is 2.30. The molecular weight excluding hydrogens is 274 g/mol. The molecule has 0 heterocycles. The number of halogens is 6. The normalized spacial score (nSPS) is 14.5. The fourth-order valence-electron chi connectivity index (χ4n) is 1.51. The van der Waals surface area contributed by atoms with Gasteiger partial charge in [-0.3, -0.25) is 0 Å². The van der Waals surface area contributed by atoms with E-state index in [1.165, 1.54) is 6.07 Å². The maximum Gasteiger partial charge on any atom is 0.416 e. The first-order valence-corrected chi connectivity index (χ1v) is 5.31. The summed E-state index contributed by atoms with van der Waals surface area (Å²) in [5, 5.41) is 2.09. The summed E-state index contributed by atoms with van der Waals surface area (Å²) in [6.45, 7) is -1.55. The van der Waals surface area contributed by atoms with Crippen LogP contribution in [0.3, 0.4) is 0 Å². The van der Waals surface area contributed by atoms with Crippen molar-refractivity contribution < 1.29 is 26.3 Å². The molecule has 1 atom stereocenters. The third kappa shape index (κ3) is 5.07. The summed E-state index contributed by atoms with van der Waals surface area (Å²) in [6, 6.07) is 3.09. The van der Waals surface area contributed by atoms with Gasteiger partial charge in [0, 0.05) is 12.6 Å². The summed E-state index contributed by atoms with van der Waals surface area (Å²) in [7, 11) is 0. The van der Waals surface area contributed by atoms with E-state index in [2.05, 4.69) is 5.32 Å². The molecule has 0 aliphatic carbocycles. The Morgan fingerprint density at radius 2 is 1.74 bits per heavy atom. The third-order valence-electron chi connectivity index (χ3n) is 2.40. The van der Waals surface area contributed by atoms with Crippen LogP contribution in [0, 0.1) is 0 Å². The quantitative estimate of drug-likeness (QED) is 0.835. The molecule has 1 aromatic rings. The second-order valence-electron chi connectivity index (χ2n) is 3.91. The van der Waals surface area contributed by atoms with Crippen LogP contribution in [0.2, 0.25) is 0 Å². The predicted octanol–water partition coefficient (Wildman–Crippen LogP) is 2.86. The zero-order valence-corrected chi connectivity index (χ0v) is 9.65. The molecule has 1 aromatic carbocycles. The minimum atomic E-state index is -4.54. The molecule has 0 bridgehead atoms. The number of hydrogen-bond donors (Lipinski definition) is 2. The van der Waals surface area contributed by atoms with Crippen molar-refractivity contribution in [2.45, 2.75) is 18.4 Å². The highest BCUT2D eigenvalue weighted by atomic mass is 19.4. The first-order valence-electron chi connectivity index (χ1n) is 5.31. The molecule has 0 spiro atoms. The lowest BCUT2D eigenvalue weighted by Crippen LogP contribution is -2.35. The number of hydrogen-bond acceptors (Lipinski definition) is 2. The SMILES string of the molecule is NCC(NCC(F)(F)F)c1cccc(C(F)(F)F)c1. The molecule has 2 nitrogen and oxygen atoms in total. The minimum absolute atomic E-state index is 0.0709. The Labute approximate surface area is 105 Å². The zero-order valence-electron chi connectivity index (χ0n) is 9.65. The zero-order chi connectivity index (χ0) is 14.7. The Morgan fingerprint density at radius 3 is 2.21 bits per heavy atom. The van der Waals surface area contributed by atoms with Gasteiger partial charge in [0.05, 0.1) is 12.1 Å². The summed E-state index contributed by atoms with van der Waals surface area (Å²) < 4.78 is 73.6. The second-order valence-corrected chi connectivity index (χ2v) is 3.91. The van der Waals surface area contributed by atoms with Crippen LogP contribution in [0.15, 0.2) is 24.3 Å². The van der Waals surface area contributed by atoms with Crippen molar-refractivity contribution >= 4 is 0 Å². The molecule has 0 radical (unpaired) electrons. The molecule has 0 aromatic heterocycles. The van der Waals surface area contributed by atoms with Gasteiger partial charge in [0.2, 0.25) is 0 Å². The van der Waals surface area contributed by atoms with Crippen LogP contribution in [0.4, 0.5) is 26.3 Å². The van der Waals surface area contributed by atoms with Crippen molar-refractivity contribution in [3.05, 3.63) is 35.4 Å². The summed E-state index contributed by atoms with van der Waals surface area (Å²) >= 11 is 0. The van der Waals surface area contributed by atoms with E-state index in [1.54, 1.807) is 0 Å². The molecule has 0 aliphatic heterocycles. The molecule has 8 heteroatoms. The van der Waals surface area contributed by atoms with Crippen molar-refractivity contribution in [1.82, 2.24) is 5.32 Å². The fourth-order valence-corrected chi connectivity index (χ4v) is 1.51. The summed E-state index contributed by atoms with van der Waals surface area (Å²) in [5.41, 5.74) is 4.43. The van der Waals surface area contributed by atoms with E-state index in [4.69, 9.17) is 5.73 Å². The van der Waals surface area contributed by atoms with Gasteiger partial charge < -0.3 is 11.1 Å². The highest BCUT2D eigenvalue weighted by molar-refractivity contribution is 5.28. The largest absolute Gasteiger partial charge is 0.416 e. The molecule has 3 N–H and O–H groups in total.